The standard InChI is InChI=1S/C13H14N4O3/c1-9-2-4-12(11(6-9)17(18)19)20-8-10-3-5-13(16-14)15-7-10/h2-7H,8,14H2,1H3,(H,15,16). The van der Waals surface area contributed by atoms with Gasteiger partial charge in [0.1, 0.15) is 12.4 Å². The van der Waals surface area contributed by atoms with Crippen LogP contribution in [0.15, 0.2) is 36.5 Å². The molecule has 0 atom stereocenters. The Labute approximate surface area is 115 Å². The van der Waals surface area contributed by atoms with Crippen LogP contribution in [0.1, 0.15) is 11.1 Å². The van der Waals surface area contributed by atoms with Crippen molar-refractivity contribution in [1.82, 2.24) is 4.98 Å². The van der Waals surface area contributed by atoms with Gasteiger partial charge < -0.3 is 10.2 Å². The molecule has 0 saturated carbocycles. The normalized spacial score (nSPS) is 10.1. The van der Waals surface area contributed by atoms with Gasteiger partial charge in [0.2, 0.25) is 0 Å². The van der Waals surface area contributed by atoms with Crippen LogP contribution in [0.2, 0.25) is 0 Å². The summed E-state index contributed by atoms with van der Waals surface area (Å²) in [5.41, 5.74) is 3.97. The summed E-state index contributed by atoms with van der Waals surface area (Å²) in [6, 6.07) is 8.32. The van der Waals surface area contributed by atoms with E-state index in [1.165, 1.54) is 6.07 Å². The smallest absolute Gasteiger partial charge is 0.311 e. The number of ether oxygens (including phenoxy) is 1. The zero-order chi connectivity index (χ0) is 14.5. The lowest BCUT2D eigenvalue weighted by atomic mass is 10.2. The molecule has 20 heavy (non-hydrogen) atoms. The number of pyridine rings is 1. The fourth-order valence-corrected chi connectivity index (χ4v) is 1.65. The number of nitro benzene ring substituents is 1. The van der Waals surface area contributed by atoms with E-state index in [0.717, 1.165) is 11.1 Å². The lowest BCUT2D eigenvalue weighted by molar-refractivity contribution is -0.386. The van der Waals surface area contributed by atoms with Crippen LogP contribution < -0.4 is 16.0 Å². The molecule has 0 aliphatic rings. The van der Waals surface area contributed by atoms with E-state index in [1.807, 2.05) is 0 Å². The second kappa shape index (κ2) is 5.98. The number of hydrogen-bond donors (Lipinski definition) is 2. The average molecular weight is 274 g/mol. The van der Waals surface area contributed by atoms with Crippen molar-refractivity contribution in [3.05, 3.63) is 57.8 Å². The molecule has 7 heteroatoms. The van der Waals surface area contributed by atoms with E-state index in [2.05, 4.69) is 10.4 Å². The Morgan fingerprint density at radius 2 is 2.20 bits per heavy atom. The summed E-state index contributed by atoms with van der Waals surface area (Å²) in [6.45, 7) is 1.99. The Bertz CT molecular complexity index is 614. The number of aryl methyl sites for hydroxylation is 1. The summed E-state index contributed by atoms with van der Waals surface area (Å²) < 4.78 is 5.48. The van der Waals surface area contributed by atoms with Crippen LogP contribution in [-0.2, 0) is 6.61 Å². The van der Waals surface area contributed by atoms with Gasteiger partial charge in [-0.1, -0.05) is 12.1 Å². The van der Waals surface area contributed by atoms with Crippen molar-refractivity contribution in [3.8, 4) is 5.75 Å². The number of hydrazine groups is 1. The second-order valence-electron chi connectivity index (χ2n) is 4.21. The first-order valence-electron chi connectivity index (χ1n) is 5.89. The highest BCUT2D eigenvalue weighted by atomic mass is 16.6. The molecule has 1 heterocycles. The fourth-order valence-electron chi connectivity index (χ4n) is 1.65. The number of nitrogens with zero attached hydrogens (tertiary/aromatic N) is 2. The summed E-state index contributed by atoms with van der Waals surface area (Å²) in [5, 5.41) is 11.0. The van der Waals surface area contributed by atoms with E-state index < -0.39 is 4.92 Å². The van der Waals surface area contributed by atoms with Crippen LogP contribution in [0.4, 0.5) is 11.5 Å². The van der Waals surface area contributed by atoms with Crippen molar-refractivity contribution in [2.75, 3.05) is 5.43 Å². The maximum atomic E-state index is 11.0. The largest absolute Gasteiger partial charge is 0.482 e. The van der Waals surface area contributed by atoms with Crippen LogP contribution in [0.3, 0.4) is 0 Å². The van der Waals surface area contributed by atoms with Gasteiger partial charge >= 0.3 is 5.69 Å². The van der Waals surface area contributed by atoms with Crippen LogP contribution >= 0.6 is 0 Å². The fraction of sp³-hybridized carbons (Fsp3) is 0.154. The Balaban J connectivity index is 2.12. The van der Waals surface area contributed by atoms with Crippen molar-refractivity contribution < 1.29 is 9.66 Å². The van der Waals surface area contributed by atoms with Crippen LogP contribution in [0.25, 0.3) is 0 Å². The van der Waals surface area contributed by atoms with Gasteiger partial charge in [0.05, 0.1) is 4.92 Å². The Morgan fingerprint density at radius 3 is 2.80 bits per heavy atom. The summed E-state index contributed by atoms with van der Waals surface area (Å²) >= 11 is 0. The van der Waals surface area contributed by atoms with Crippen molar-refractivity contribution in [2.45, 2.75) is 13.5 Å². The number of nitrogens with one attached hydrogen (secondary N) is 1. The van der Waals surface area contributed by atoms with Gasteiger partial charge in [0.25, 0.3) is 0 Å². The van der Waals surface area contributed by atoms with Crippen molar-refractivity contribution in [3.63, 3.8) is 0 Å². The summed E-state index contributed by atoms with van der Waals surface area (Å²) in [4.78, 5) is 14.5. The monoisotopic (exact) mass is 274 g/mol. The Kier molecular flexibility index (Phi) is 4.11. The molecule has 0 radical (unpaired) electrons. The lowest BCUT2D eigenvalue weighted by Gasteiger charge is -2.07. The van der Waals surface area contributed by atoms with E-state index in [0.29, 0.717) is 5.82 Å². The molecular weight excluding hydrogens is 260 g/mol. The number of benzene rings is 1. The molecular formula is C13H14N4O3. The minimum atomic E-state index is -0.456. The second-order valence-corrected chi connectivity index (χ2v) is 4.21. The third kappa shape index (κ3) is 3.21. The van der Waals surface area contributed by atoms with Crippen molar-refractivity contribution in [1.29, 1.82) is 0 Å². The van der Waals surface area contributed by atoms with E-state index in [9.17, 15) is 10.1 Å². The SMILES string of the molecule is Cc1ccc(OCc2ccc(NN)nc2)c([N+](=O)[O-])c1. The topological polar surface area (TPSA) is 103 Å². The molecule has 2 rings (SSSR count). The quantitative estimate of drug-likeness (QED) is 0.492. The lowest BCUT2D eigenvalue weighted by Crippen LogP contribution is -2.08. The van der Waals surface area contributed by atoms with Crippen LogP contribution in [0.5, 0.6) is 5.75 Å². The maximum Gasteiger partial charge on any atom is 0.311 e. The van der Waals surface area contributed by atoms with Crippen molar-refractivity contribution in [2.24, 2.45) is 5.84 Å². The molecule has 2 aromatic rings. The molecule has 0 aliphatic heterocycles. The average Bonchev–Trinajstić information content (AvgIpc) is 2.46. The maximum absolute atomic E-state index is 11.0. The molecule has 0 unspecified atom stereocenters. The highest BCUT2D eigenvalue weighted by Crippen LogP contribution is 2.28. The van der Waals surface area contributed by atoms with Crippen LogP contribution in [-0.4, -0.2) is 9.91 Å². The van der Waals surface area contributed by atoms with Crippen molar-refractivity contribution >= 4 is 11.5 Å². The number of hydrogen-bond acceptors (Lipinski definition) is 6. The number of aromatic nitrogens is 1. The summed E-state index contributed by atoms with van der Waals surface area (Å²) in [7, 11) is 0. The van der Waals surface area contributed by atoms with Gasteiger partial charge in [-0.15, -0.1) is 0 Å². The number of nitrogen functional groups attached to an aromatic ring is 1. The highest BCUT2D eigenvalue weighted by molar-refractivity contribution is 5.48. The predicted molar refractivity (Wildman–Crippen MR) is 74.2 cm³/mol. The van der Waals surface area contributed by atoms with Crippen LogP contribution in [0, 0.1) is 17.0 Å². The number of rotatable bonds is 5. The first-order chi connectivity index (χ1) is 9.60. The molecule has 104 valence electrons. The first-order valence-corrected chi connectivity index (χ1v) is 5.89. The molecule has 0 amide bonds. The summed E-state index contributed by atoms with van der Waals surface area (Å²) in [5.74, 6) is 5.99. The Morgan fingerprint density at radius 1 is 1.40 bits per heavy atom. The molecule has 0 spiro atoms. The molecule has 1 aromatic heterocycles. The van der Waals surface area contributed by atoms with Gasteiger partial charge in [-0.3, -0.25) is 10.1 Å². The van der Waals surface area contributed by atoms with Gasteiger partial charge in [0.15, 0.2) is 5.75 Å². The first kappa shape index (κ1) is 13.8. The number of anilines is 1. The number of nitrogens with two attached hydrogens (primary N) is 1. The summed E-state index contributed by atoms with van der Waals surface area (Å²) in [6.07, 6.45) is 1.59. The molecule has 0 bridgehead atoms. The van der Waals surface area contributed by atoms with E-state index in [1.54, 1.807) is 37.4 Å². The molecule has 7 nitrogen and oxygen atoms in total. The van der Waals surface area contributed by atoms with Gasteiger partial charge in [-0.05, 0) is 24.6 Å². The third-order valence-electron chi connectivity index (χ3n) is 2.68. The van der Waals surface area contributed by atoms with Gasteiger partial charge in [-0.2, -0.15) is 0 Å². The van der Waals surface area contributed by atoms with E-state index in [4.69, 9.17) is 10.6 Å². The number of nitro groups is 1. The minimum Gasteiger partial charge on any atom is -0.482 e. The highest BCUT2D eigenvalue weighted by Gasteiger charge is 2.15. The Hall–Kier alpha value is -2.67. The zero-order valence-electron chi connectivity index (χ0n) is 10.9. The molecule has 3 N–H and O–H groups in total. The molecule has 1 aromatic carbocycles. The van der Waals surface area contributed by atoms with E-state index >= 15 is 0 Å². The van der Waals surface area contributed by atoms with Gasteiger partial charge in [0, 0.05) is 17.8 Å². The van der Waals surface area contributed by atoms with Gasteiger partial charge in [-0.25, -0.2) is 10.8 Å². The molecule has 0 aliphatic carbocycles. The minimum absolute atomic E-state index is 0.0433. The molecule has 0 fully saturated rings. The zero-order valence-corrected chi connectivity index (χ0v) is 10.9. The third-order valence-corrected chi connectivity index (χ3v) is 2.68. The van der Waals surface area contributed by atoms with E-state index in [-0.39, 0.29) is 18.0 Å². The predicted octanol–water partition coefficient (Wildman–Crippen LogP) is 2.16. The molecule has 0 saturated heterocycles.